The maximum Gasteiger partial charge on any atom is 0.246 e. The molecule has 1 aromatic heterocycles. The molecule has 9 heteroatoms. The van der Waals surface area contributed by atoms with Crippen molar-refractivity contribution in [2.75, 3.05) is 44.2 Å². The quantitative estimate of drug-likeness (QED) is 0.397. The third kappa shape index (κ3) is 5.88. The highest BCUT2D eigenvalue weighted by Crippen LogP contribution is 2.27. The summed E-state index contributed by atoms with van der Waals surface area (Å²) in [4.78, 5) is 41.4. The van der Waals surface area contributed by atoms with Gasteiger partial charge >= 0.3 is 0 Å². The zero-order valence-electron chi connectivity index (χ0n) is 18.6. The average Bonchev–Trinajstić information content (AvgIpc) is 3.13. The molecule has 176 valence electrons. The van der Waals surface area contributed by atoms with Crippen LogP contribution in [0.4, 0.5) is 0 Å². The number of Topliss-reactive ketones (excluding diaryl/α,β-unsaturated/α-hetero) is 1. The van der Waals surface area contributed by atoms with Crippen molar-refractivity contribution in [3.8, 4) is 0 Å². The summed E-state index contributed by atoms with van der Waals surface area (Å²) in [5.41, 5.74) is 1.53. The summed E-state index contributed by atoms with van der Waals surface area (Å²) in [5.74, 6) is 2.20. The lowest BCUT2D eigenvalue weighted by molar-refractivity contribution is -0.133. The number of likely N-dealkylation sites (tertiary alicyclic amines) is 1. The molecule has 0 unspecified atom stereocenters. The first-order valence-electron chi connectivity index (χ1n) is 11.3. The number of benzene rings is 1. The summed E-state index contributed by atoms with van der Waals surface area (Å²) in [7, 11) is 0. The number of carbonyl (C=O) groups is 3. The Morgan fingerprint density at radius 3 is 2.70 bits per heavy atom. The maximum atomic E-state index is 13.1. The number of halogens is 1. The highest BCUT2D eigenvalue weighted by Gasteiger charge is 2.30. The van der Waals surface area contributed by atoms with Crippen LogP contribution in [0.25, 0.3) is 10.9 Å². The number of nitrogens with one attached hydrogen (secondary N) is 1. The number of hydrogen-bond acceptors (Lipinski definition) is 5. The maximum absolute atomic E-state index is 13.1. The van der Waals surface area contributed by atoms with Gasteiger partial charge in [0.25, 0.3) is 0 Å². The Morgan fingerprint density at radius 2 is 1.97 bits per heavy atom. The highest BCUT2D eigenvalue weighted by atomic mass is 79.9. The average molecular weight is 533 g/mol. The Kier molecular flexibility index (Phi) is 7.93. The van der Waals surface area contributed by atoms with Gasteiger partial charge in [0, 0.05) is 71.2 Å². The van der Waals surface area contributed by atoms with E-state index in [4.69, 9.17) is 0 Å². The van der Waals surface area contributed by atoms with Gasteiger partial charge in [-0.15, -0.1) is 0 Å². The third-order valence-corrected chi connectivity index (χ3v) is 7.61. The molecular weight excluding hydrogens is 504 g/mol. The Bertz CT molecular complexity index is 1060. The highest BCUT2D eigenvalue weighted by molar-refractivity contribution is 9.10. The Labute approximate surface area is 206 Å². The summed E-state index contributed by atoms with van der Waals surface area (Å²) >= 11 is 5.49. The van der Waals surface area contributed by atoms with Crippen molar-refractivity contribution in [2.24, 2.45) is 0 Å². The number of rotatable bonds is 9. The van der Waals surface area contributed by atoms with Crippen LogP contribution in [-0.4, -0.2) is 82.2 Å². The normalized spacial score (nSPS) is 17.1. The second kappa shape index (κ2) is 10.9. The predicted octanol–water partition coefficient (Wildman–Crippen LogP) is 2.93. The molecule has 0 radical (unpaired) electrons. The first kappa shape index (κ1) is 24.0. The van der Waals surface area contributed by atoms with Gasteiger partial charge < -0.3 is 19.7 Å². The Hall–Kier alpha value is -2.10. The van der Waals surface area contributed by atoms with Gasteiger partial charge in [-0.05, 0) is 37.2 Å². The smallest absolute Gasteiger partial charge is 0.246 e. The van der Waals surface area contributed by atoms with E-state index in [-0.39, 0.29) is 30.2 Å². The molecular formula is C24H29BrN4O3S. The Balaban J connectivity index is 1.39. The summed E-state index contributed by atoms with van der Waals surface area (Å²) in [6, 6.07) is 5.75. The minimum atomic E-state index is -0.132. The zero-order chi connectivity index (χ0) is 23.4. The number of aromatic nitrogens is 1. The molecule has 7 nitrogen and oxygen atoms in total. The fourth-order valence-corrected chi connectivity index (χ4v) is 5.69. The number of ketones is 1. The van der Waals surface area contributed by atoms with E-state index in [0.29, 0.717) is 25.1 Å². The third-order valence-electron chi connectivity index (χ3n) is 6.17. The summed E-state index contributed by atoms with van der Waals surface area (Å²) in [5, 5.41) is 3.83. The fraction of sp³-hybridized carbons (Fsp3) is 0.458. The molecule has 0 bridgehead atoms. The van der Waals surface area contributed by atoms with Gasteiger partial charge in [0.15, 0.2) is 5.78 Å². The van der Waals surface area contributed by atoms with Crippen molar-refractivity contribution < 1.29 is 14.4 Å². The number of hydrogen-bond donors (Lipinski definition) is 1. The van der Waals surface area contributed by atoms with Crippen LogP contribution in [0.15, 0.2) is 41.5 Å². The largest absolute Gasteiger partial charge is 0.348 e. The minimum Gasteiger partial charge on any atom is -0.348 e. The molecule has 2 aliphatic heterocycles. The standard InChI is InChI=1S/C24H29BrN4O3S/c1-2-24(32)29-13-18(14-29)26-23(31)16-28-15-20(19-12-17(25)5-6-21(19)28)22(30)4-3-7-27-8-10-33-11-9-27/h2,5-6,12,15,18H,1,3-4,7-11,13-14,16H2,(H,26,31). The van der Waals surface area contributed by atoms with Gasteiger partial charge in [-0.25, -0.2) is 0 Å². The lowest BCUT2D eigenvalue weighted by Gasteiger charge is -2.38. The molecule has 2 saturated heterocycles. The molecule has 0 atom stereocenters. The van der Waals surface area contributed by atoms with E-state index in [9.17, 15) is 14.4 Å². The number of nitrogens with zero attached hydrogens (tertiary/aromatic N) is 3. The van der Waals surface area contributed by atoms with Gasteiger partial charge in [-0.1, -0.05) is 22.5 Å². The molecule has 1 aromatic carbocycles. The second-order valence-electron chi connectivity index (χ2n) is 8.52. The van der Waals surface area contributed by atoms with Gasteiger partial charge in [0.1, 0.15) is 6.54 Å². The van der Waals surface area contributed by atoms with E-state index in [0.717, 1.165) is 41.4 Å². The van der Waals surface area contributed by atoms with Gasteiger partial charge in [-0.3, -0.25) is 14.4 Å². The second-order valence-corrected chi connectivity index (χ2v) is 10.7. The topological polar surface area (TPSA) is 74.6 Å². The first-order valence-corrected chi connectivity index (χ1v) is 13.2. The number of fused-ring (bicyclic) bond motifs is 1. The molecule has 33 heavy (non-hydrogen) atoms. The van der Waals surface area contributed by atoms with Crippen molar-refractivity contribution in [3.63, 3.8) is 0 Å². The van der Waals surface area contributed by atoms with Crippen LogP contribution in [0.2, 0.25) is 0 Å². The summed E-state index contributed by atoms with van der Waals surface area (Å²) < 4.78 is 2.75. The van der Waals surface area contributed by atoms with E-state index in [1.165, 1.54) is 17.6 Å². The van der Waals surface area contributed by atoms with Crippen molar-refractivity contribution in [2.45, 2.75) is 25.4 Å². The molecule has 2 amide bonds. The van der Waals surface area contributed by atoms with Crippen LogP contribution in [0.3, 0.4) is 0 Å². The van der Waals surface area contributed by atoms with Crippen molar-refractivity contribution in [3.05, 3.63) is 47.1 Å². The van der Waals surface area contributed by atoms with Crippen molar-refractivity contribution in [1.82, 2.24) is 19.7 Å². The van der Waals surface area contributed by atoms with Crippen LogP contribution in [0.5, 0.6) is 0 Å². The van der Waals surface area contributed by atoms with E-state index in [2.05, 4.69) is 32.7 Å². The van der Waals surface area contributed by atoms with E-state index < -0.39 is 0 Å². The van der Waals surface area contributed by atoms with Crippen LogP contribution < -0.4 is 5.32 Å². The van der Waals surface area contributed by atoms with Gasteiger partial charge in [-0.2, -0.15) is 11.8 Å². The van der Waals surface area contributed by atoms with Crippen LogP contribution in [0.1, 0.15) is 23.2 Å². The predicted molar refractivity (Wildman–Crippen MR) is 136 cm³/mol. The fourth-order valence-electron chi connectivity index (χ4n) is 4.35. The van der Waals surface area contributed by atoms with Crippen molar-refractivity contribution in [1.29, 1.82) is 0 Å². The molecule has 2 aromatic rings. The molecule has 0 spiro atoms. The number of carbonyl (C=O) groups excluding carboxylic acids is 3. The zero-order valence-corrected chi connectivity index (χ0v) is 21.0. The van der Waals surface area contributed by atoms with E-state index in [1.54, 1.807) is 4.90 Å². The summed E-state index contributed by atoms with van der Waals surface area (Å²) in [6.07, 6.45) is 4.43. The molecule has 0 aliphatic carbocycles. The molecule has 0 saturated carbocycles. The summed E-state index contributed by atoms with van der Waals surface area (Å²) in [6.45, 7) is 7.75. The molecule has 1 N–H and O–H groups in total. The Morgan fingerprint density at radius 1 is 1.21 bits per heavy atom. The number of thioether (sulfide) groups is 1. The van der Waals surface area contributed by atoms with Gasteiger partial charge in [0.2, 0.25) is 11.8 Å². The molecule has 2 fully saturated rings. The number of amides is 2. The lowest BCUT2D eigenvalue weighted by atomic mass is 10.1. The van der Waals surface area contributed by atoms with Crippen LogP contribution in [0, 0.1) is 0 Å². The SMILES string of the molecule is C=CC(=O)N1CC(NC(=O)Cn2cc(C(=O)CCCN3CCSCC3)c3cc(Br)ccc32)C1. The molecule has 4 rings (SSSR count). The molecule has 3 heterocycles. The molecule has 2 aliphatic rings. The van der Waals surface area contributed by atoms with E-state index in [1.807, 2.05) is 40.7 Å². The van der Waals surface area contributed by atoms with Crippen LogP contribution >= 0.6 is 27.7 Å². The lowest BCUT2D eigenvalue weighted by Crippen LogP contribution is -2.61. The van der Waals surface area contributed by atoms with Crippen LogP contribution in [-0.2, 0) is 16.1 Å². The monoisotopic (exact) mass is 532 g/mol. The van der Waals surface area contributed by atoms with E-state index >= 15 is 0 Å². The van der Waals surface area contributed by atoms with Gasteiger partial charge in [0.05, 0.1) is 6.04 Å². The van der Waals surface area contributed by atoms with Crippen molar-refractivity contribution >= 4 is 56.2 Å². The first-order chi connectivity index (χ1) is 15.9. The minimum absolute atomic E-state index is 0.0494.